The quantitative estimate of drug-likeness (QED) is 0.535. The van der Waals surface area contributed by atoms with Gasteiger partial charge in [-0.05, 0) is 13.0 Å². The summed E-state index contributed by atoms with van der Waals surface area (Å²) < 4.78 is 5.72. The number of carboxylic acid groups (broad SMARTS) is 1. The number of nitrogens with zero attached hydrogens (tertiary/aromatic N) is 2. The van der Waals surface area contributed by atoms with Gasteiger partial charge in [-0.3, -0.25) is 14.3 Å². The highest BCUT2D eigenvalue weighted by molar-refractivity contribution is 5.96. The first-order valence-corrected chi connectivity index (χ1v) is 5.38. The largest absolute Gasteiger partial charge is 0.480 e. The van der Waals surface area contributed by atoms with E-state index in [4.69, 9.17) is 10.8 Å². The van der Waals surface area contributed by atoms with Crippen LogP contribution in [0.4, 0.5) is 0 Å². The Balaban J connectivity index is 2.98. The first-order chi connectivity index (χ1) is 8.93. The van der Waals surface area contributed by atoms with Crippen molar-refractivity contribution < 1.29 is 24.2 Å². The van der Waals surface area contributed by atoms with Gasteiger partial charge in [0.1, 0.15) is 6.54 Å². The molecule has 1 rings (SSSR count). The summed E-state index contributed by atoms with van der Waals surface area (Å²) in [5.41, 5.74) is 5.25. The average molecular weight is 267 g/mol. The van der Waals surface area contributed by atoms with Crippen molar-refractivity contribution in [2.24, 2.45) is 5.73 Å². The van der Waals surface area contributed by atoms with Gasteiger partial charge in [0.2, 0.25) is 0 Å². The maximum absolute atomic E-state index is 11.1. The molecule has 102 valence electrons. The zero-order valence-electron chi connectivity index (χ0n) is 10.2. The summed E-state index contributed by atoms with van der Waals surface area (Å²) >= 11 is 0. The molecule has 8 nitrogen and oxygen atoms in total. The van der Waals surface area contributed by atoms with Crippen LogP contribution in [0.3, 0.4) is 0 Å². The van der Waals surface area contributed by atoms with Crippen LogP contribution in [0.25, 0.3) is 6.08 Å². The fourth-order valence-corrected chi connectivity index (χ4v) is 1.32. The van der Waals surface area contributed by atoms with E-state index in [0.717, 1.165) is 10.8 Å². The summed E-state index contributed by atoms with van der Waals surface area (Å²) in [5.74, 6) is -2.50. The van der Waals surface area contributed by atoms with Gasteiger partial charge in [0, 0.05) is 17.8 Å². The normalized spacial score (nSPS) is 10.6. The van der Waals surface area contributed by atoms with E-state index in [1.807, 2.05) is 0 Å². The van der Waals surface area contributed by atoms with Crippen LogP contribution in [0, 0.1) is 0 Å². The highest BCUT2D eigenvalue weighted by atomic mass is 16.5. The molecule has 0 atom stereocenters. The monoisotopic (exact) mass is 267 g/mol. The maximum atomic E-state index is 11.1. The Morgan fingerprint density at radius 3 is 2.74 bits per heavy atom. The van der Waals surface area contributed by atoms with Gasteiger partial charge in [-0.25, -0.2) is 4.79 Å². The van der Waals surface area contributed by atoms with E-state index < -0.39 is 24.4 Å². The highest BCUT2D eigenvalue weighted by Crippen LogP contribution is 2.09. The third-order valence-corrected chi connectivity index (χ3v) is 2.01. The molecule has 1 amide bonds. The van der Waals surface area contributed by atoms with E-state index in [-0.39, 0.29) is 17.9 Å². The summed E-state index contributed by atoms with van der Waals surface area (Å²) in [5, 5.41) is 12.4. The third-order valence-electron chi connectivity index (χ3n) is 2.01. The lowest BCUT2D eigenvalue weighted by Crippen LogP contribution is -2.15. The van der Waals surface area contributed by atoms with Crippen molar-refractivity contribution in [3.8, 4) is 0 Å². The first-order valence-electron chi connectivity index (χ1n) is 5.38. The third kappa shape index (κ3) is 4.26. The number of carbonyl (C=O) groups excluding carboxylic acids is 2. The number of hydrogen-bond acceptors (Lipinski definition) is 5. The molecule has 0 radical (unpaired) electrons. The van der Waals surface area contributed by atoms with E-state index in [9.17, 15) is 14.4 Å². The van der Waals surface area contributed by atoms with Gasteiger partial charge >= 0.3 is 11.9 Å². The van der Waals surface area contributed by atoms with Crippen LogP contribution in [0.1, 0.15) is 23.0 Å². The minimum atomic E-state index is -1.11. The fraction of sp³-hybridized carbons (Fsp3) is 0.273. The summed E-state index contributed by atoms with van der Waals surface area (Å²) in [6.07, 6.45) is 3.71. The molecule has 0 aliphatic heterocycles. The second-order valence-corrected chi connectivity index (χ2v) is 3.47. The maximum Gasteiger partial charge on any atom is 0.330 e. The van der Waals surface area contributed by atoms with Crippen LogP contribution in [-0.4, -0.2) is 39.3 Å². The second kappa shape index (κ2) is 6.34. The van der Waals surface area contributed by atoms with Crippen molar-refractivity contribution in [1.29, 1.82) is 0 Å². The van der Waals surface area contributed by atoms with E-state index in [0.29, 0.717) is 0 Å². The smallest absolute Gasteiger partial charge is 0.330 e. The minimum Gasteiger partial charge on any atom is -0.480 e. The van der Waals surface area contributed by atoms with Crippen LogP contribution in [0.15, 0.2) is 12.3 Å². The summed E-state index contributed by atoms with van der Waals surface area (Å²) in [6.45, 7) is 1.48. The molecule has 1 heterocycles. The number of rotatable bonds is 6. The van der Waals surface area contributed by atoms with Gasteiger partial charge in [0.15, 0.2) is 5.69 Å². The second-order valence-electron chi connectivity index (χ2n) is 3.47. The molecule has 0 fully saturated rings. The number of esters is 1. The SMILES string of the molecule is CCOC(=O)/C=C/c1cn(CC(=O)O)nc1C(N)=O. The lowest BCUT2D eigenvalue weighted by atomic mass is 10.2. The Bertz CT molecular complexity index is 532. The molecular weight excluding hydrogens is 254 g/mol. The fourth-order valence-electron chi connectivity index (χ4n) is 1.32. The molecule has 0 saturated heterocycles. The van der Waals surface area contributed by atoms with Crippen molar-refractivity contribution in [2.45, 2.75) is 13.5 Å². The molecule has 0 aliphatic rings. The number of amides is 1. The van der Waals surface area contributed by atoms with Crippen LogP contribution in [-0.2, 0) is 20.9 Å². The van der Waals surface area contributed by atoms with Crippen LogP contribution in [0.5, 0.6) is 0 Å². The molecule has 0 spiro atoms. The van der Waals surface area contributed by atoms with Crippen molar-refractivity contribution in [3.05, 3.63) is 23.5 Å². The number of primary amides is 1. The molecular formula is C11H13N3O5. The van der Waals surface area contributed by atoms with Gasteiger partial charge in [0.05, 0.1) is 6.61 Å². The lowest BCUT2D eigenvalue weighted by Gasteiger charge is -1.94. The number of ether oxygens (including phenoxy) is 1. The molecule has 0 aromatic carbocycles. The summed E-state index contributed by atoms with van der Waals surface area (Å²) in [7, 11) is 0. The van der Waals surface area contributed by atoms with Crippen molar-refractivity contribution in [1.82, 2.24) is 9.78 Å². The topological polar surface area (TPSA) is 125 Å². The minimum absolute atomic E-state index is 0.109. The number of hydrogen-bond donors (Lipinski definition) is 2. The zero-order chi connectivity index (χ0) is 14.4. The first kappa shape index (κ1) is 14.4. The van der Waals surface area contributed by atoms with Gasteiger partial charge in [-0.15, -0.1) is 0 Å². The molecule has 0 saturated carbocycles. The summed E-state index contributed by atoms with van der Waals surface area (Å²) in [4.78, 5) is 32.8. The number of carboxylic acids is 1. The standard InChI is InChI=1S/C11H13N3O5/c1-2-19-9(17)4-3-7-5-14(6-8(15)16)13-10(7)11(12)18/h3-5H,2,6H2,1H3,(H2,12,18)(H,15,16)/b4-3+. The van der Waals surface area contributed by atoms with Crippen molar-refractivity contribution in [2.75, 3.05) is 6.61 Å². The zero-order valence-corrected chi connectivity index (χ0v) is 10.2. The molecule has 1 aromatic rings. The number of aromatic nitrogens is 2. The van der Waals surface area contributed by atoms with Crippen molar-refractivity contribution >= 4 is 23.9 Å². The molecule has 1 aromatic heterocycles. The Kier molecular flexibility index (Phi) is 4.81. The van der Waals surface area contributed by atoms with Gasteiger partial charge in [-0.1, -0.05) is 0 Å². The van der Waals surface area contributed by atoms with Crippen molar-refractivity contribution in [3.63, 3.8) is 0 Å². The number of aliphatic carboxylic acids is 1. The number of carbonyl (C=O) groups is 3. The van der Waals surface area contributed by atoms with Gasteiger partial charge in [-0.2, -0.15) is 5.10 Å². The molecule has 3 N–H and O–H groups in total. The lowest BCUT2D eigenvalue weighted by molar-refractivity contribution is -0.138. The predicted molar refractivity (Wildman–Crippen MR) is 64.0 cm³/mol. The van der Waals surface area contributed by atoms with E-state index >= 15 is 0 Å². The predicted octanol–water partition coefficient (Wildman–Crippen LogP) is -0.357. The van der Waals surface area contributed by atoms with E-state index in [2.05, 4.69) is 9.84 Å². The van der Waals surface area contributed by atoms with Gasteiger partial charge in [0.25, 0.3) is 5.91 Å². The molecule has 0 unspecified atom stereocenters. The van der Waals surface area contributed by atoms with Crippen LogP contribution >= 0.6 is 0 Å². The Morgan fingerprint density at radius 1 is 1.53 bits per heavy atom. The Hall–Kier alpha value is -2.64. The average Bonchev–Trinajstić information content (AvgIpc) is 2.69. The van der Waals surface area contributed by atoms with Gasteiger partial charge < -0.3 is 15.6 Å². The van der Waals surface area contributed by atoms with Crippen LogP contribution < -0.4 is 5.73 Å². The number of nitrogens with two attached hydrogens (primary N) is 1. The van der Waals surface area contributed by atoms with Crippen LogP contribution in [0.2, 0.25) is 0 Å². The molecule has 19 heavy (non-hydrogen) atoms. The Labute approximate surface area is 108 Å². The molecule has 0 aliphatic carbocycles. The molecule has 0 bridgehead atoms. The Morgan fingerprint density at radius 2 is 2.21 bits per heavy atom. The highest BCUT2D eigenvalue weighted by Gasteiger charge is 2.13. The summed E-state index contributed by atoms with van der Waals surface area (Å²) in [6, 6.07) is 0. The van der Waals surface area contributed by atoms with E-state index in [1.54, 1.807) is 6.92 Å². The van der Waals surface area contributed by atoms with E-state index in [1.165, 1.54) is 12.3 Å². The molecule has 8 heteroatoms.